The first kappa shape index (κ1) is 14.4. The summed E-state index contributed by atoms with van der Waals surface area (Å²) in [4.78, 5) is 14.3. The van der Waals surface area contributed by atoms with E-state index < -0.39 is 0 Å². The number of nitrogens with zero attached hydrogens (tertiary/aromatic N) is 3. The quantitative estimate of drug-likeness (QED) is 0.924. The molecule has 2 saturated heterocycles. The van der Waals surface area contributed by atoms with Crippen molar-refractivity contribution in [2.75, 3.05) is 19.7 Å². The summed E-state index contributed by atoms with van der Waals surface area (Å²) in [5, 5.41) is 7.31. The van der Waals surface area contributed by atoms with Crippen molar-refractivity contribution in [3.8, 4) is 0 Å². The molecule has 0 radical (unpaired) electrons. The zero-order valence-corrected chi connectivity index (χ0v) is 12.8. The van der Waals surface area contributed by atoms with E-state index in [1.807, 2.05) is 22.7 Å². The average molecular weight is 292 g/mol. The third-order valence-electron chi connectivity index (χ3n) is 4.85. The molecule has 0 unspecified atom stereocenters. The molecule has 0 saturated carbocycles. The molecule has 1 aromatic heterocycles. The van der Waals surface area contributed by atoms with Gasteiger partial charge in [-0.1, -0.05) is 6.92 Å². The van der Waals surface area contributed by atoms with Gasteiger partial charge in [0.1, 0.15) is 0 Å². The van der Waals surface area contributed by atoms with Gasteiger partial charge in [-0.15, -0.1) is 0 Å². The Labute approximate surface area is 125 Å². The molecule has 2 aliphatic heterocycles. The lowest BCUT2D eigenvalue weighted by molar-refractivity contribution is -0.169. The number of carbonyl (C=O) groups excluding carboxylic acids is 1. The Balaban J connectivity index is 1.57. The number of piperidine rings is 1. The first-order chi connectivity index (χ1) is 10.1. The summed E-state index contributed by atoms with van der Waals surface area (Å²) >= 11 is 0. The van der Waals surface area contributed by atoms with Crippen LogP contribution in [0.25, 0.3) is 0 Å². The lowest BCUT2D eigenvalue weighted by Gasteiger charge is -2.47. The zero-order valence-electron chi connectivity index (χ0n) is 12.8. The van der Waals surface area contributed by atoms with Gasteiger partial charge in [0.05, 0.1) is 23.9 Å². The van der Waals surface area contributed by atoms with Gasteiger partial charge in [0.15, 0.2) is 0 Å². The van der Waals surface area contributed by atoms with Crippen LogP contribution in [-0.2, 0) is 11.8 Å². The Bertz CT molecular complexity index is 500. The summed E-state index contributed by atoms with van der Waals surface area (Å²) in [5.74, 6) is 0. The molecule has 6 nitrogen and oxygen atoms in total. The molecule has 0 bridgehead atoms. The summed E-state index contributed by atoms with van der Waals surface area (Å²) in [5.41, 5.74) is 1.13. The summed E-state index contributed by atoms with van der Waals surface area (Å²) in [6.07, 6.45) is 5.69. The molecule has 0 aromatic carbocycles. The number of aromatic nitrogens is 2. The number of ether oxygens (including phenoxy) is 1. The number of aryl methyl sites for hydroxylation is 1. The normalized spacial score (nSPS) is 21.9. The SMILES string of the molecule is CC[C@H](NC(=O)N1CCC2(CCO2)CC1)c1ccnn1C. The second kappa shape index (κ2) is 5.67. The van der Waals surface area contributed by atoms with E-state index in [-0.39, 0.29) is 17.7 Å². The molecule has 3 heterocycles. The van der Waals surface area contributed by atoms with Crippen LogP contribution in [0, 0.1) is 0 Å². The molecule has 21 heavy (non-hydrogen) atoms. The number of amides is 2. The summed E-state index contributed by atoms with van der Waals surface area (Å²) < 4.78 is 7.52. The van der Waals surface area contributed by atoms with Crippen LogP contribution < -0.4 is 5.32 Å². The molecule has 2 fully saturated rings. The number of carbonyl (C=O) groups is 1. The average Bonchev–Trinajstić information content (AvgIpc) is 2.89. The molecular formula is C15H24N4O2. The van der Waals surface area contributed by atoms with Gasteiger partial charge in [-0.3, -0.25) is 4.68 Å². The van der Waals surface area contributed by atoms with Gasteiger partial charge in [0.25, 0.3) is 0 Å². The van der Waals surface area contributed by atoms with Crippen molar-refractivity contribution in [1.82, 2.24) is 20.0 Å². The Morgan fingerprint density at radius 1 is 1.48 bits per heavy atom. The molecule has 1 atom stereocenters. The zero-order chi connectivity index (χ0) is 14.9. The molecule has 1 N–H and O–H groups in total. The van der Waals surface area contributed by atoms with E-state index in [1.165, 1.54) is 0 Å². The van der Waals surface area contributed by atoms with Crippen molar-refractivity contribution < 1.29 is 9.53 Å². The number of nitrogens with one attached hydrogen (secondary N) is 1. The fraction of sp³-hybridized carbons (Fsp3) is 0.733. The minimum atomic E-state index is 0.0147. The van der Waals surface area contributed by atoms with Gasteiger partial charge < -0.3 is 15.0 Å². The van der Waals surface area contributed by atoms with Gasteiger partial charge in [-0.2, -0.15) is 5.10 Å². The van der Waals surface area contributed by atoms with Gasteiger partial charge >= 0.3 is 6.03 Å². The van der Waals surface area contributed by atoms with Gasteiger partial charge in [-0.25, -0.2) is 4.79 Å². The van der Waals surface area contributed by atoms with Gasteiger partial charge in [0.2, 0.25) is 0 Å². The Morgan fingerprint density at radius 3 is 2.67 bits per heavy atom. The standard InChI is InChI=1S/C15H24N4O2/c1-3-12(13-4-8-16-18(13)2)17-14(20)19-9-5-15(6-10-19)7-11-21-15/h4,8,12H,3,5-7,9-11H2,1-2H3,(H,17,20)/t12-/m0/s1. The van der Waals surface area contributed by atoms with Crippen LogP contribution in [0.5, 0.6) is 0 Å². The van der Waals surface area contributed by atoms with E-state index in [4.69, 9.17) is 4.74 Å². The summed E-state index contributed by atoms with van der Waals surface area (Å²) in [6.45, 7) is 4.53. The molecular weight excluding hydrogens is 268 g/mol. The van der Waals surface area contributed by atoms with Crippen molar-refractivity contribution in [3.05, 3.63) is 18.0 Å². The van der Waals surface area contributed by atoms with E-state index in [1.54, 1.807) is 6.20 Å². The van der Waals surface area contributed by atoms with Crippen molar-refractivity contribution in [1.29, 1.82) is 0 Å². The second-order valence-electron chi connectivity index (χ2n) is 6.06. The molecule has 2 amide bonds. The van der Waals surface area contributed by atoms with Crippen molar-refractivity contribution in [2.24, 2.45) is 7.05 Å². The maximum atomic E-state index is 12.4. The van der Waals surface area contributed by atoms with E-state index in [9.17, 15) is 4.79 Å². The Kier molecular flexibility index (Phi) is 3.89. The fourth-order valence-corrected chi connectivity index (χ4v) is 3.25. The minimum absolute atomic E-state index is 0.0147. The van der Waals surface area contributed by atoms with Crippen LogP contribution in [0.15, 0.2) is 12.3 Å². The molecule has 1 aromatic rings. The van der Waals surface area contributed by atoms with Crippen molar-refractivity contribution in [3.63, 3.8) is 0 Å². The smallest absolute Gasteiger partial charge is 0.317 e. The van der Waals surface area contributed by atoms with Crippen molar-refractivity contribution in [2.45, 2.75) is 44.2 Å². The van der Waals surface area contributed by atoms with E-state index in [0.717, 1.165) is 51.1 Å². The first-order valence-electron chi connectivity index (χ1n) is 7.81. The molecule has 116 valence electrons. The summed E-state index contributed by atoms with van der Waals surface area (Å²) in [6, 6.07) is 2.00. The molecule has 2 aliphatic rings. The Morgan fingerprint density at radius 2 is 2.19 bits per heavy atom. The highest BCUT2D eigenvalue weighted by Crippen LogP contribution is 2.36. The third-order valence-corrected chi connectivity index (χ3v) is 4.85. The van der Waals surface area contributed by atoms with Crippen LogP contribution in [0.3, 0.4) is 0 Å². The lowest BCUT2D eigenvalue weighted by Crippen LogP contribution is -2.55. The predicted octanol–water partition coefficient (Wildman–Crippen LogP) is 1.84. The highest BCUT2D eigenvalue weighted by Gasteiger charge is 2.42. The Hall–Kier alpha value is -1.56. The van der Waals surface area contributed by atoms with E-state index >= 15 is 0 Å². The van der Waals surface area contributed by atoms with Crippen LogP contribution in [-0.4, -0.2) is 46.0 Å². The largest absolute Gasteiger partial charge is 0.375 e. The topological polar surface area (TPSA) is 59.4 Å². The molecule has 6 heteroatoms. The number of rotatable bonds is 3. The molecule has 1 spiro atoms. The van der Waals surface area contributed by atoms with Crippen LogP contribution in [0.2, 0.25) is 0 Å². The summed E-state index contributed by atoms with van der Waals surface area (Å²) in [7, 11) is 1.91. The van der Waals surface area contributed by atoms with Crippen LogP contribution in [0.4, 0.5) is 4.79 Å². The van der Waals surface area contributed by atoms with Crippen LogP contribution >= 0.6 is 0 Å². The predicted molar refractivity (Wildman–Crippen MR) is 78.9 cm³/mol. The minimum Gasteiger partial charge on any atom is -0.375 e. The number of likely N-dealkylation sites (tertiary alicyclic amines) is 1. The van der Waals surface area contributed by atoms with Crippen LogP contribution in [0.1, 0.15) is 44.3 Å². The molecule has 3 rings (SSSR count). The number of hydrogen-bond donors (Lipinski definition) is 1. The molecule has 0 aliphatic carbocycles. The highest BCUT2D eigenvalue weighted by molar-refractivity contribution is 5.74. The van der Waals surface area contributed by atoms with Crippen molar-refractivity contribution >= 4 is 6.03 Å². The highest BCUT2D eigenvalue weighted by atomic mass is 16.5. The first-order valence-corrected chi connectivity index (χ1v) is 7.81. The van der Waals surface area contributed by atoms with Gasteiger partial charge in [0, 0.05) is 26.3 Å². The lowest BCUT2D eigenvalue weighted by atomic mass is 9.84. The fourth-order valence-electron chi connectivity index (χ4n) is 3.25. The number of urea groups is 1. The third kappa shape index (κ3) is 2.77. The maximum Gasteiger partial charge on any atom is 0.317 e. The number of hydrogen-bond acceptors (Lipinski definition) is 3. The van der Waals surface area contributed by atoms with Gasteiger partial charge in [-0.05, 0) is 31.7 Å². The van der Waals surface area contributed by atoms with E-state index in [0.29, 0.717) is 0 Å². The maximum absolute atomic E-state index is 12.4. The second-order valence-corrected chi connectivity index (χ2v) is 6.06. The van der Waals surface area contributed by atoms with E-state index in [2.05, 4.69) is 17.3 Å². The monoisotopic (exact) mass is 292 g/mol.